The highest BCUT2D eigenvalue weighted by atomic mass is 16.5. The van der Waals surface area contributed by atoms with E-state index >= 15 is 0 Å². The van der Waals surface area contributed by atoms with Crippen LogP contribution in [0, 0.1) is 0 Å². The van der Waals surface area contributed by atoms with Crippen molar-refractivity contribution >= 4 is 11.8 Å². The maximum Gasteiger partial charge on any atom is 0.251 e. The Morgan fingerprint density at radius 3 is 2.67 bits per heavy atom. The van der Waals surface area contributed by atoms with Crippen molar-refractivity contribution in [1.29, 1.82) is 0 Å². The molecular weight excluding hydrogens is 310 g/mol. The molecule has 0 unspecified atom stereocenters. The zero-order valence-electron chi connectivity index (χ0n) is 13.2. The van der Waals surface area contributed by atoms with Gasteiger partial charge in [-0.05, 0) is 12.1 Å². The molecule has 1 aromatic heterocycles. The van der Waals surface area contributed by atoms with Crippen LogP contribution in [0.25, 0.3) is 0 Å². The zero-order valence-corrected chi connectivity index (χ0v) is 13.2. The van der Waals surface area contributed by atoms with Gasteiger partial charge < -0.3 is 15.0 Å². The smallest absolute Gasteiger partial charge is 0.251 e. The van der Waals surface area contributed by atoms with E-state index in [1.54, 1.807) is 23.2 Å². The average molecular weight is 329 g/mol. The number of carbonyl (C=O) groups excluding carboxylic acids is 2. The number of ether oxygens (including phenoxy) is 1. The molecule has 0 radical (unpaired) electrons. The standard InChI is InChI=1S/C16H19N5O3/c22-15(20-6-8-24-9-7-20)12-21-11-14(18-19-21)10-17-16(23)13-4-2-1-3-5-13/h1-5,11H,6-10,12H2,(H,17,23). The summed E-state index contributed by atoms with van der Waals surface area (Å²) in [5.74, 6) is -0.183. The number of nitrogens with one attached hydrogen (secondary N) is 1. The Hall–Kier alpha value is -2.74. The first-order chi connectivity index (χ1) is 11.7. The molecule has 1 aliphatic heterocycles. The minimum Gasteiger partial charge on any atom is -0.378 e. The highest BCUT2D eigenvalue weighted by Gasteiger charge is 2.17. The monoisotopic (exact) mass is 329 g/mol. The van der Waals surface area contributed by atoms with Crippen LogP contribution in [0.2, 0.25) is 0 Å². The number of morpholine rings is 1. The Morgan fingerprint density at radius 1 is 1.17 bits per heavy atom. The molecule has 8 nitrogen and oxygen atoms in total. The summed E-state index contributed by atoms with van der Waals surface area (Å²) < 4.78 is 6.71. The van der Waals surface area contributed by atoms with Gasteiger partial charge in [0.05, 0.1) is 26.0 Å². The molecule has 1 aromatic carbocycles. The van der Waals surface area contributed by atoms with Gasteiger partial charge >= 0.3 is 0 Å². The molecule has 0 saturated carbocycles. The largest absolute Gasteiger partial charge is 0.378 e. The molecule has 1 saturated heterocycles. The Morgan fingerprint density at radius 2 is 1.92 bits per heavy atom. The van der Waals surface area contributed by atoms with Crippen molar-refractivity contribution in [3.63, 3.8) is 0 Å². The average Bonchev–Trinajstić information content (AvgIpc) is 3.08. The predicted molar refractivity (Wildman–Crippen MR) is 85.0 cm³/mol. The zero-order chi connectivity index (χ0) is 16.8. The van der Waals surface area contributed by atoms with E-state index in [1.165, 1.54) is 4.68 Å². The lowest BCUT2D eigenvalue weighted by atomic mass is 10.2. The maximum atomic E-state index is 12.1. The van der Waals surface area contributed by atoms with E-state index in [1.807, 2.05) is 18.2 Å². The summed E-state index contributed by atoms with van der Waals surface area (Å²) >= 11 is 0. The molecule has 1 N–H and O–H groups in total. The molecule has 0 spiro atoms. The van der Waals surface area contributed by atoms with E-state index in [0.29, 0.717) is 37.6 Å². The molecule has 1 aliphatic rings. The number of amides is 2. The Bertz CT molecular complexity index is 695. The topological polar surface area (TPSA) is 89.4 Å². The second-order valence-corrected chi connectivity index (χ2v) is 5.45. The number of hydrogen-bond donors (Lipinski definition) is 1. The normalized spacial score (nSPS) is 14.4. The van der Waals surface area contributed by atoms with E-state index in [-0.39, 0.29) is 24.9 Å². The van der Waals surface area contributed by atoms with Crippen LogP contribution in [0.1, 0.15) is 16.1 Å². The van der Waals surface area contributed by atoms with Crippen molar-refractivity contribution in [1.82, 2.24) is 25.2 Å². The van der Waals surface area contributed by atoms with Crippen molar-refractivity contribution in [3.8, 4) is 0 Å². The summed E-state index contributed by atoms with van der Waals surface area (Å²) in [6, 6.07) is 8.96. The van der Waals surface area contributed by atoms with Gasteiger partial charge in [0.15, 0.2) is 0 Å². The van der Waals surface area contributed by atoms with Crippen LogP contribution >= 0.6 is 0 Å². The number of aromatic nitrogens is 3. The minimum atomic E-state index is -0.172. The number of carbonyl (C=O) groups is 2. The van der Waals surface area contributed by atoms with E-state index in [9.17, 15) is 9.59 Å². The van der Waals surface area contributed by atoms with Crippen LogP contribution in [0.5, 0.6) is 0 Å². The number of hydrogen-bond acceptors (Lipinski definition) is 5. The highest BCUT2D eigenvalue weighted by Crippen LogP contribution is 2.02. The van der Waals surface area contributed by atoms with Crippen molar-refractivity contribution in [2.75, 3.05) is 26.3 Å². The molecule has 0 aliphatic carbocycles. The van der Waals surface area contributed by atoms with E-state index in [4.69, 9.17) is 4.74 Å². The molecule has 24 heavy (non-hydrogen) atoms. The molecule has 2 aromatic rings. The minimum absolute atomic E-state index is 0.0110. The van der Waals surface area contributed by atoms with Crippen LogP contribution in [0.15, 0.2) is 36.5 Å². The first-order valence-electron chi connectivity index (χ1n) is 7.80. The molecule has 2 heterocycles. The fraction of sp³-hybridized carbons (Fsp3) is 0.375. The van der Waals surface area contributed by atoms with Crippen LogP contribution in [-0.2, 0) is 22.6 Å². The first-order valence-corrected chi connectivity index (χ1v) is 7.80. The van der Waals surface area contributed by atoms with Gasteiger partial charge in [0.1, 0.15) is 12.2 Å². The van der Waals surface area contributed by atoms with Crippen LogP contribution in [0.4, 0.5) is 0 Å². The predicted octanol–water partition coefficient (Wildman–Crippen LogP) is 0.0669. The lowest BCUT2D eigenvalue weighted by Crippen LogP contribution is -2.42. The highest BCUT2D eigenvalue weighted by molar-refractivity contribution is 5.94. The summed E-state index contributed by atoms with van der Waals surface area (Å²) in [6.07, 6.45) is 1.67. The van der Waals surface area contributed by atoms with E-state index in [0.717, 1.165) is 0 Å². The summed E-state index contributed by atoms with van der Waals surface area (Å²) in [5.41, 5.74) is 1.20. The summed E-state index contributed by atoms with van der Waals surface area (Å²) in [7, 11) is 0. The van der Waals surface area contributed by atoms with Crippen LogP contribution < -0.4 is 5.32 Å². The molecule has 2 amide bonds. The fourth-order valence-electron chi connectivity index (χ4n) is 2.41. The number of benzene rings is 1. The van der Waals surface area contributed by atoms with Gasteiger partial charge in [0, 0.05) is 18.7 Å². The quantitative estimate of drug-likeness (QED) is 0.838. The SMILES string of the molecule is O=C(NCc1cn(CC(=O)N2CCOCC2)nn1)c1ccccc1. The van der Waals surface area contributed by atoms with Crippen molar-refractivity contribution < 1.29 is 14.3 Å². The van der Waals surface area contributed by atoms with Crippen LogP contribution in [0.3, 0.4) is 0 Å². The third-order valence-corrected chi connectivity index (χ3v) is 3.71. The Kier molecular flexibility index (Phi) is 5.17. The van der Waals surface area contributed by atoms with E-state index < -0.39 is 0 Å². The van der Waals surface area contributed by atoms with Gasteiger partial charge in [0.25, 0.3) is 5.91 Å². The van der Waals surface area contributed by atoms with Gasteiger partial charge in [-0.25, -0.2) is 4.68 Å². The van der Waals surface area contributed by atoms with Gasteiger partial charge in [-0.3, -0.25) is 9.59 Å². The van der Waals surface area contributed by atoms with Gasteiger partial charge in [0.2, 0.25) is 5.91 Å². The Labute approximate surface area is 139 Å². The van der Waals surface area contributed by atoms with Crippen LogP contribution in [-0.4, -0.2) is 58.0 Å². The lowest BCUT2D eigenvalue weighted by Gasteiger charge is -2.26. The second kappa shape index (κ2) is 7.69. The molecule has 0 atom stereocenters. The third kappa shape index (κ3) is 4.17. The first kappa shape index (κ1) is 16.1. The van der Waals surface area contributed by atoms with E-state index in [2.05, 4.69) is 15.6 Å². The molecular formula is C16H19N5O3. The summed E-state index contributed by atoms with van der Waals surface area (Å²) in [6.45, 7) is 2.75. The van der Waals surface area contributed by atoms with Crippen molar-refractivity contribution in [2.24, 2.45) is 0 Å². The van der Waals surface area contributed by atoms with Gasteiger partial charge in [-0.1, -0.05) is 23.4 Å². The Balaban J connectivity index is 1.50. The van der Waals surface area contributed by atoms with Gasteiger partial charge in [-0.15, -0.1) is 5.10 Å². The molecule has 3 rings (SSSR count). The molecule has 0 bridgehead atoms. The second-order valence-electron chi connectivity index (χ2n) is 5.45. The van der Waals surface area contributed by atoms with Crippen molar-refractivity contribution in [3.05, 3.63) is 47.8 Å². The fourth-order valence-corrected chi connectivity index (χ4v) is 2.41. The third-order valence-electron chi connectivity index (χ3n) is 3.71. The number of nitrogens with zero attached hydrogens (tertiary/aromatic N) is 4. The van der Waals surface area contributed by atoms with Gasteiger partial charge in [-0.2, -0.15) is 0 Å². The number of rotatable bonds is 5. The van der Waals surface area contributed by atoms with Crippen molar-refractivity contribution in [2.45, 2.75) is 13.1 Å². The molecule has 8 heteroatoms. The summed E-state index contributed by atoms with van der Waals surface area (Å²) in [5, 5.41) is 10.7. The lowest BCUT2D eigenvalue weighted by molar-refractivity contribution is -0.136. The maximum absolute atomic E-state index is 12.1. The molecule has 1 fully saturated rings. The molecule has 126 valence electrons. The summed E-state index contributed by atoms with van der Waals surface area (Å²) in [4.78, 5) is 25.9.